The van der Waals surface area contributed by atoms with E-state index in [1.54, 1.807) is 0 Å². The molecule has 0 heterocycles. The SMILES string of the molecule is CC(O)C(=O)O.[H-].[H-].[Li+].[Li+]. The van der Waals surface area contributed by atoms with Crippen LogP contribution < -0.4 is 37.7 Å². The Morgan fingerprint density at radius 3 is 1.75 bits per heavy atom. The molecule has 0 aliphatic rings. The summed E-state index contributed by atoms with van der Waals surface area (Å²) in [4.78, 5) is 9.45. The van der Waals surface area contributed by atoms with Crippen LogP contribution in [0.25, 0.3) is 0 Å². The van der Waals surface area contributed by atoms with Gasteiger partial charge in [0.1, 0.15) is 6.10 Å². The smallest absolute Gasteiger partial charge is 1.00 e. The average molecular weight is 106 g/mol. The molecule has 1 unspecified atom stereocenters. The average Bonchev–Trinajstić information content (AvgIpc) is 1.36. The molecule has 1 atom stereocenters. The predicted octanol–water partition coefficient (Wildman–Crippen LogP) is -6.32. The normalized spacial score (nSPS) is 10.2. The second kappa shape index (κ2) is 7.62. The van der Waals surface area contributed by atoms with Crippen LogP contribution in [0.4, 0.5) is 0 Å². The minimum absolute atomic E-state index is 0. The van der Waals surface area contributed by atoms with Gasteiger partial charge >= 0.3 is 43.7 Å². The Morgan fingerprint density at radius 1 is 1.62 bits per heavy atom. The van der Waals surface area contributed by atoms with E-state index < -0.39 is 12.1 Å². The molecule has 0 spiro atoms. The maximum atomic E-state index is 9.45. The van der Waals surface area contributed by atoms with E-state index in [1.165, 1.54) is 6.92 Å². The first-order chi connectivity index (χ1) is 2.64. The van der Waals surface area contributed by atoms with E-state index in [2.05, 4.69) is 0 Å². The van der Waals surface area contributed by atoms with Gasteiger partial charge in [0.2, 0.25) is 0 Å². The summed E-state index contributed by atoms with van der Waals surface area (Å²) < 4.78 is 0. The molecule has 0 saturated carbocycles. The Labute approximate surface area is 74.8 Å². The van der Waals surface area contributed by atoms with Crippen molar-refractivity contribution in [1.82, 2.24) is 0 Å². The van der Waals surface area contributed by atoms with Gasteiger partial charge in [-0.05, 0) is 6.92 Å². The molecule has 3 nitrogen and oxygen atoms in total. The Bertz CT molecular complexity index is 70.8. The summed E-state index contributed by atoms with van der Waals surface area (Å²) in [5.41, 5.74) is 0. The van der Waals surface area contributed by atoms with E-state index in [0.29, 0.717) is 0 Å². The van der Waals surface area contributed by atoms with E-state index in [0.717, 1.165) is 0 Å². The third-order valence-corrected chi connectivity index (χ3v) is 0.357. The Kier molecular flexibility index (Phi) is 15.1. The van der Waals surface area contributed by atoms with E-state index in [1.807, 2.05) is 0 Å². The maximum absolute atomic E-state index is 9.45. The molecule has 40 valence electrons. The summed E-state index contributed by atoms with van der Waals surface area (Å²) >= 11 is 0. The van der Waals surface area contributed by atoms with Crippen molar-refractivity contribution in [2.75, 3.05) is 0 Å². The minimum atomic E-state index is -1.23. The third-order valence-electron chi connectivity index (χ3n) is 0.357. The number of hydrogen-bond acceptors (Lipinski definition) is 2. The number of carbonyl (C=O) groups is 1. The standard InChI is InChI=1S/C3H6O3.2Li.2H/c1-2(4)3(5)6;;;;/h2,4H,1H3,(H,5,6);;;;/q;2*+1;2*-1. The number of carboxylic acid groups (broad SMARTS) is 1. The van der Waals surface area contributed by atoms with E-state index >= 15 is 0 Å². The first kappa shape index (κ1) is 15.8. The van der Waals surface area contributed by atoms with Gasteiger partial charge in [-0.15, -0.1) is 0 Å². The monoisotopic (exact) mass is 106 g/mol. The minimum Gasteiger partial charge on any atom is -1.00 e. The number of aliphatic hydroxyl groups is 1. The van der Waals surface area contributed by atoms with Crippen LogP contribution in [0.3, 0.4) is 0 Å². The molecule has 0 aliphatic carbocycles. The van der Waals surface area contributed by atoms with Crippen molar-refractivity contribution in [1.29, 1.82) is 0 Å². The van der Waals surface area contributed by atoms with Crippen LogP contribution >= 0.6 is 0 Å². The van der Waals surface area contributed by atoms with Gasteiger partial charge < -0.3 is 13.1 Å². The van der Waals surface area contributed by atoms with Gasteiger partial charge in [0.15, 0.2) is 0 Å². The van der Waals surface area contributed by atoms with Crippen LogP contribution in [0, 0.1) is 0 Å². The molecule has 0 rings (SSSR count). The number of rotatable bonds is 1. The Morgan fingerprint density at radius 2 is 1.75 bits per heavy atom. The van der Waals surface area contributed by atoms with Gasteiger partial charge in [-0.2, -0.15) is 0 Å². The van der Waals surface area contributed by atoms with Crippen LogP contribution in [0.15, 0.2) is 0 Å². The van der Waals surface area contributed by atoms with Gasteiger partial charge in [-0.1, -0.05) is 0 Å². The quantitative estimate of drug-likeness (QED) is 0.327. The molecule has 8 heavy (non-hydrogen) atoms. The van der Waals surface area contributed by atoms with Crippen molar-refractivity contribution in [3.8, 4) is 0 Å². The molecule has 0 aromatic rings. The van der Waals surface area contributed by atoms with Gasteiger partial charge in [0.25, 0.3) is 0 Å². The number of aliphatic hydroxyl groups excluding tert-OH is 1. The molecule has 0 aromatic carbocycles. The van der Waals surface area contributed by atoms with Crippen molar-refractivity contribution >= 4 is 5.97 Å². The molecular formula is C3H8Li2O3. The topological polar surface area (TPSA) is 57.5 Å². The molecule has 5 heteroatoms. The second-order valence-electron chi connectivity index (χ2n) is 1.01. The van der Waals surface area contributed by atoms with Gasteiger partial charge in [0, 0.05) is 0 Å². The molecule has 0 aliphatic heterocycles. The third kappa shape index (κ3) is 9.80. The first-order valence-electron chi connectivity index (χ1n) is 1.55. The Hall–Kier alpha value is 0.625. The molecule has 0 saturated heterocycles. The van der Waals surface area contributed by atoms with Crippen LogP contribution in [0.1, 0.15) is 9.78 Å². The van der Waals surface area contributed by atoms with E-state index in [4.69, 9.17) is 10.2 Å². The van der Waals surface area contributed by atoms with Crippen molar-refractivity contribution in [2.24, 2.45) is 0 Å². The summed E-state index contributed by atoms with van der Waals surface area (Å²) in [6, 6.07) is 0. The van der Waals surface area contributed by atoms with E-state index in [-0.39, 0.29) is 40.6 Å². The van der Waals surface area contributed by atoms with Crippen molar-refractivity contribution in [2.45, 2.75) is 13.0 Å². The molecule has 0 bridgehead atoms. The van der Waals surface area contributed by atoms with Crippen molar-refractivity contribution < 1.29 is 55.6 Å². The summed E-state index contributed by atoms with van der Waals surface area (Å²) in [7, 11) is 0. The van der Waals surface area contributed by atoms with Gasteiger partial charge in [0.05, 0.1) is 0 Å². The molecule has 0 radical (unpaired) electrons. The summed E-state index contributed by atoms with van der Waals surface area (Å²) in [5, 5.41) is 15.8. The van der Waals surface area contributed by atoms with Gasteiger partial charge in [-0.25, -0.2) is 4.79 Å². The first-order valence-corrected chi connectivity index (χ1v) is 1.55. The second-order valence-corrected chi connectivity index (χ2v) is 1.01. The maximum Gasteiger partial charge on any atom is 1.00 e. The zero-order valence-electron chi connectivity index (χ0n) is 7.38. The Balaban J connectivity index is -0.0000000208. The zero-order valence-corrected chi connectivity index (χ0v) is 5.38. The summed E-state index contributed by atoms with van der Waals surface area (Å²) in [5.74, 6) is -1.19. The zero-order chi connectivity index (χ0) is 5.15. The van der Waals surface area contributed by atoms with Crippen molar-refractivity contribution in [3.63, 3.8) is 0 Å². The number of hydrogen-bond donors (Lipinski definition) is 2. The summed E-state index contributed by atoms with van der Waals surface area (Å²) in [6.07, 6.45) is -1.23. The van der Waals surface area contributed by atoms with Crippen LogP contribution in [0.5, 0.6) is 0 Å². The fourth-order valence-electron chi connectivity index (χ4n) is 0. The fourth-order valence-corrected chi connectivity index (χ4v) is 0. The largest absolute Gasteiger partial charge is 1.00 e. The van der Waals surface area contributed by atoms with E-state index in [9.17, 15) is 4.79 Å². The van der Waals surface area contributed by atoms with Crippen LogP contribution in [-0.2, 0) is 4.79 Å². The van der Waals surface area contributed by atoms with Crippen LogP contribution in [0.2, 0.25) is 0 Å². The number of aliphatic carboxylic acids is 1. The van der Waals surface area contributed by atoms with Crippen LogP contribution in [-0.4, -0.2) is 22.3 Å². The molecule has 2 N–H and O–H groups in total. The molecule has 0 amide bonds. The number of carboxylic acids is 1. The fraction of sp³-hybridized carbons (Fsp3) is 0.667. The van der Waals surface area contributed by atoms with Gasteiger partial charge in [-0.3, -0.25) is 0 Å². The molecule has 0 fully saturated rings. The predicted molar refractivity (Wildman–Crippen MR) is 21.5 cm³/mol. The molecular weight excluding hydrogens is 97.9 g/mol. The molecule has 0 aromatic heterocycles. The summed E-state index contributed by atoms with van der Waals surface area (Å²) in [6.45, 7) is 1.20. The van der Waals surface area contributed by atoms with Crippen molar-refractivity contribution in [3.05, 3.63) is 0 Å².